The number of hydrogen-bond donors (Lipinski definition) is 1. The summed E-state index contributed by atoms with van der Waals surface area (Å²) >= 11 is 6.17. The number of halogens is 1. The van der Waals surface area contributed by atoms with Crippen molar-refractivity contribution in [2.45, 2.75) is 6.92 Å². The first kappa shape index (κ1) is 17.5. The lowest BCUT2D eigenvalue weighted by Crippen LogP contribution is -2.00. The number of benzene rings is 1. The molecule has 0 aliphatic carbocycles. The van der Waals surface area contributed by atoms with E-state index in [2.05, 4.69) is 15.5 Å². The number of anilines is 1. The van der Waals surface area contributed by atoms with Crippen LogP contribution in [0.5, 0.6) is 11.5 Å². The van der Waals surface area contributed by atoms with Gasteiger partial charge in [-0.25, -0.2) is 4.98 Å². The first-order valence-electron chi connectivity index (χ1n) is 6.95. The van der Waals surface area contributed by atoms with E-state index in [4.69, 9.17) is 21.1 Å². The Bertz CT molecular complexity index is 767. The smallest absolute Gasteiger partial charge is 0.313 e. The van der Waals surface area contributed by atoms with Gasteiger partial charge in [0.05, 0.1) is 29.9 Å². The molecule has 0 aliphatic rings. The van der Waals surface area contributed by atoms with Crippen molar-refractivity contribution in [2.24, 2.45) is 5.10 Å². The lowest BCUT2D eigenvalue weighted by molar-refractivity contribution is -0.384. The maximum absolute atomic E-state index is 10.9. The van der Waals surface area contributed by atoms with Crippen molar-refractivity contribution in [3.8, 4) is 11.5 Å². The number of nitrogens with one attached hydrogen (secondary N) is 1. The molecule has 2 rings (SSSR count). The summed E-state index contributed by atoms with van der Waals surface area (Å²) in [7, 11) is 1.52. The number of hydrogen-bond acceptors (Lipinski definition) is 7. The molecule has 0 unspecified atom stereocenters. The minimum absolute atomic E-state index is 0.0356. The van der Waals surface area contributed by atoms with Crippen LogP contribution >= 0.6 is 11.6 Å². The third-order valence-corrected chi connectivity index (χ3v) is 3.27. The van der Waals surface area contributed by atoms with Gasteiger partial charge < -0.3 is 9.47 Å². The highest BCUT2D eigenvalue weighted by Gasteiger charge is 2.13. The molecule has 9 heteroatoms. The predicted molar refractivity (Wildman–Crippen MR) is 91.3 cm³/mol. The van der Waals surface area contributed by atoms with Gasteiger partial charge in [-0.15, -0.1) is 0 Å². The van der Waals surface area contributed by atoms with Crippen molar-refractivity contribution in [3.05, 3.63) is 51.2 Å². The van der Waals surface area contributed by atoms with E-state index in [0.29, 0.717) is 28.7 Å². The lowest BCUT2D eigenvalue weighted by Gasteiger charge is -2.11. The minimum Gasteiger partial charge on any atom is -0.493 e. The van der Waals surface area contributed by atoms with Gasteiger partial charge in [-0.1, -0.05) is 11.6 Å². The normalized spacial score (nSPS) is 10.6. The fraction of sp³-hybridized carbons (Fsp3) is 0.200. The molecule has 1 aromatic heterocycles. The van der Waals surface area contributed by atoms with E-state index < -0.39 is 4.92 Å². The molecule has 126 valence electrons. The summed E-state index contributed by atoms with van der Waals surface area (Å²) in [5.74, 6) is 1.07. The lowest BCUT2D eigenvalue weighted by atomic mass is 10.2. The molecular weight excluding hydrogens is 336 g/mol. The van der Waals surface area contributed by atoms with Crippen LogP contribution in [0.3, 0.4) is 0 Å². The Morgan fingerprint density at radius 1 is 1.46 bits per heavy atom. The van der Waals surface area contributed by atoms with Crippen molar-refractivity contribution in [1.82, 2.24) is 4.98 Å². The van der Waals surface area contributed by atoms with E-state index in [0.717, 1.165) is 0 Å². The van der Waals surface area contributed by atoms with Crippen LogP contribution in [0.15, 0.2) is 35.6 Å². The molecule has 0 aliphatic heterocycles. The van der Waals surface area contributed by atoms with Crippen LogP contribution < -0.4 is 14.9 Å². The van der Waals surface area contributed by atoms with Gasteiger partial charge in [0, 0.05) is 23.9 Å². The van der Waals surface area contributed by atoms with E-state index in [9.17, 15) is 10.1 Å². The molecule has 0 spiro atoms. The molecule has 1 aromatic carbocycles. The topological polar surface area (TPSA) is 98.9 Å². The van der Waals surface area contributed by atoms with Crippen molar-refractivity contribution in [3.63, 3.8) is 0 Å². The second-order valence-corrected chi connectivity index (χ2v) is 4.86. The Labute approximate surface area is 143 Å². The molecule has 0 amide bonds. The molecule has 2 aromatic rings. The molecule has 0 bridgehead atoms. The molecule has 0 saturated heterocycles. The zero-order valence-corrected chi connectivity index (χ0v) is 13.8. The van der Waals surface area contributed by atoms with Gasteiger partial charge in [0.2, 0.25) is 5.82 Å². The molecule has 0 radical (unpaired) electrons. The Balaban J connectivity index is 2.23. The molecule has 8 nitrogen and oxygen atoms in total. The number of methoxy groups -OCH3 is 1. The van der Waals surface area contributed by atoms with Crippen molar-refractivity contribution >= 4 is 29.3 Å². The predicted octanol–water partition coefficient (Wildman–Crippen LogP) is 3.50. The summed E-state index contributed by atoms with van der Waals surface area (Å²) in [6.07, 6.45) is 2.85. The largest absolute Gasteiger partial charge is 0.493 e. The summed E-state index contributed by atoms with van der Waals surface area (Å²) in [5.41, 5.74) is 2.92. The van der Waals surface area contributed by atoms with Crippen LogP contribution in [0.25, 0.3) is 0 Å². The molecule has 24 heavy (non-hydrogen) atoms. The van der Waals surface area contributed by atoms with E-state index in [1.165, 1.54) is 31.7 Å². The Kier molecular flexibility index (Phi) is 5.91. The van der Waals surface area contributed by atoms with Crippen LogP contribution in [0.1, 0.15) is 12.5 Å². The fourth-order valence-electron chi connectivity index (χ4n) is 1.87. The first-order valence-corrected chi connectivity index (χ1v) is 7.33. The van der Waals surface area contributed by atoms with Crippen LogP contribution in [-0.2, 0) is 0 Å². The first-order chi connectivity index (χ1) is 11.6. The van der Waals surface area contributed by atoms with Crippen molar-refractivity contribution in [2.75, 3.05) is 19.1 Å². The van der Waals surface area contributed by atoms with E-state index >= 15 is 0 Å². The molecule has 1 heterocycles. The number of rotatable bonds is 7. The number of aromatic nitrogens is 1. The van der Waals surface area contributed by atoms with Gasteiger partial charge >= 0.3 is 5.69 Å². The quantitative estimate of drug-likeness (QED) is 0.466. The zero-order valence-electron chi connectivity index (χ0n) is 13.0. The third kappa shape index (κ3) is 4.11. The van der Waals surface area contributed by atoms with Crippen LogP contribution in [0.2, 0.25) is 5.02 Å². The number of pyridine rings is 1. The number of nitrogens with zero attached hydrogens (tertiary/aromatic N) is 3. The van der Waals surface area contributed by atoms with Crippen LogP contribution in [0.4, 0.5) is 11.5 Å². The average Bonchev–Trinajstić information content (AvgIpc) is 2.57. The van der Waals surface area contributed by atoms with E-state index in [1.807, 2.05) is 6.92 Å². The second-order valence-electron chi connectivity index (χ2n) is 4.46. The number of ether oxygens (including phenoxy) is 2. The molecule has 0 saturated carbocycles. The maximum atomic E-state index is 10.9. The average molecular weight is 351 g/mol. The van der Waals surface area contributed by atoms with Gasteiger partial charge in [-0.3, -0.25) is 15.5 Å². The maximum Gasteiger partial charge on any atom is 0.313 e. The molecule has 0 fully saturated rings. The Morgan fingerprint density at radius 2 is 2.25 bits per heavy atom. The minimum atomic E-state index is -0.543. The summed E-state index contributed by atoms with van der Waals surface area (Å²) in [6, 6.07) is 6.08. The Morgan fingerprint density at radius 3 is 2.92 bits per heavy atom. The van der Waals surface area contributed by atoms with Crippen molar-refractivity contribution in [1.29, 1.82) is 0 Å². The van der Waals surface area contributed by atoms with Crippen LogP contribution in [0, 0.1) is 10.1 Å². The number of hydrazone groups is 1. The summed E-state index contributed by atoms with van der Waals surface area (Å²) in [4.78, 5) is 14.3. The van der Waals surface area contributed by atoms with Gasteiger partial charge in [0.15, 0.2) is 11.5 Å². The van der Waals surface area contributed by atoms with Crippen LogP contribution in [-0.4, -0.2) is 29.8 Å². The Hall–Kier alpha value is -2.87. The molecule has 1 N–H and O–H groups in total. The highest BCUT2D eigenvalue weighted by atomic mass is 35.5. The highest BCUT2D eigenvalue weighted by Crippen LogP contribution is 2.32. The standard InChI is InChI=1S/C15H15ClN4O4/c1-3-24-14-7-10(11(16)8-13(14)23-2)9-18-19-15-12(20(21)22)5-4-6-17-15/h4-9H,3H2,1-2H3,(H,17,19)/b18-9-. The molecule has 0 atom stereocenters. The van der Waals surface area contributed by atoms with E-state index in [1.54, 1.807) is 12.1 Å². The van der Waals surface area contributed by atoms with Gasteiger partial charge in [-0.2, -0.15) is 5.10 Å². The monoisotopic (exact) mass is 350 g/mol. The second kappa shape index (κ2) is 8.11. The zero-order chi connectivity index (χ0) is 17.5. The van der Waals surface area contributed by atoms with Gasteiger partial charge in [0.1, 0.15) is 0 Å². The fourth-order valence-corrected chi connectivity index (χ4v) is 2.07. The summed E-state index contributed by atoms with van der Waals surface area (Å²) < 4.78 is 10.7. The van der Waals surface area contributed by atoms with Gasteiger partial charge in [0.25, 0.3) is 0 Å². The molecular formula is C15H15ClN4O4. The number of nitro groups is 1. The SMILES string of the molecule is CCOc1cc(/C=N\Nc2ncccc2[N+](=O)[O-])c(Cl)cc1OC. The highest BCUT2D eigenvalue weighted by molar-refractivity contribution is 6.33. The van der Waals surface area contributed by atoms with Crippen molar-refractivity contribution < 1.29 is 14.4 Å². The third-order valence-electron chi connectivity index (χ3n) is 2.94. The van der Waals surface area contributed by atoms with Gasteiger partial charge in [-0.05, 0) is 19.1 Å². The summed E-state index contributed by atoms with van der Waals surface area (Å²) in [6.45, 7) is 2.32. The van der Waals surface area contributed by atoms with E-state index in [-0.39, 0.29) is 11.5 Å². The summed E-state index contributed by atoms with van der Waals surface area (Å²) in [5, 5.41) is 15.3.